The summed E-state index contributed by atoms with van der Waals surface area (Å²) in [6, 6.07) is 10.3. The summed E-state index contributed by atoms with van der Waals surface area (Å²) in [6.45, 7) is 2.20. The van der Waals surface area contributed by atoms with Gasteiger partial charge >= 0.3 is 0 Å². The molecule has 1 aromatic carbocycles. The fraction of sp³-hybridized carbons (Fsp3) is 0.632. The number of benzene rings is 1. The minimum atomic E-state index is 0. The van der Waals surface area contributed by atoms with E-state index in [1.807, 2.05) is 18.2 Å². The molecule has 4 rings (SSSR count). The molecule has 1 amide bonds. The van der Waals surface area contributed by atoms with Crippen molar-refractivity contribution in [2.45, 2.75) is 32.2 Å². The highest BCUT2D eigenvalue weighted by Gasteiger charge is 2.67. The first-order chi connectivity index (χ1) is 10.8. The number of carbonyl (C=O) groups is 1. The molecule has 23 heavy (non-hydrogen) atoms. The molecule has 0 heterocycles. The Balaban J connectivity index is 0.00000156. The summed E-state index contributed by atoms with van der Waals surface area (Å²) < 4.78 is 0. The number of rotatable bonds is 6. The van der Waals surface area contributed by atoms with Crippen molar-refractivity contribution >= 4 is 18.3 Å². The Morgan fingerprint density at radius 3 is 2.39 bits per heavy atom. The second kappa shape index (κ2) is 6.82. The van der Waals surface area contributed by atoms with E-state index in [9.17, 15) is 4.79 Å². The van der Waals surface area contributed by atoms with E-state index in [-0.39, 0.29) is 12.4 Å². The lowest BCUT2D eigenvalue weighted by Gasteiger charge is -2.24. The van der Waals surface area contributed by atoms with Crippen molar-refractivity contribution in [2.75, 3.05) is 13.1 Å². The zero-order chi connectivity index (χ0) is 15.1. The van der Waals surface area contributed by atoms with E-state index in [2.05, 4.69) is 17.0 Å². The third kappa shape index (κ3) is 3.01. The molecule has 126 valence electrons. The quantitative estimate of drug-likeness (QED) is 0.869. The summed E-state index contributed by atoms with van der Waals surface area (Å²) in [6.07, 6.45) is 5.04. The Hall–Kier alpha value is -1.06. The Morgan fingerprint density at radius 1 is 1.13 bits per heavy atom. The van der Waals surface area contributed by atoms with Crippen LogP contribution in [0.5, 0.6) is 0 Å². The molecular formula is C19H27ClN2O. The van der Waals surface area contributed by atoms with E-state index in [4.69, 9.17) is 5.73 Å². The molecule has 3 aliphatic carbocycles. The fourth-order valence-corrected chi connectivity index (χ4v) is 5.22. The standard InChI is InChI=1S/C19H26N2O.ClH/c20-9-4-10-21(12-13-5-2-1-3-6-13)19(22)18-16-14-7-8-15(11-14)17(16)18;/h1-3,5-6,14-18H,4,7-12,20H2;1H. The van der Waals surface area contributed by atoms with Crippen molar-refractivity contribution in [2.24, 2.45) is 35.3 Å². The van der Waals surface area contributed by atoms with Crippen molar-refractivity contribution in [3.63, 3.8) is 0 Å². The molecule has 2 N–H and O–H groups in total. The fourth-order valence-electron chi connectivity index (χ4n) is 5.22. The first-order valence-electron chi connectivity index (χ1n) is 8.82. The van der Waals surface area contributed by atoms with Gasteiger partial charge in [0.2, 0.25) is 5.91 Å². The van der Waals surface area contributed by atoms with Gasteiger partial charge in [-0.25, -0.2) is 0 Å². The van der Waals surface area contributed by atoms with Crippen molar-refractivity contribution < 1.29 is 4.79 Å². The number of fused-ring (bicyclic) bond motifs is 5. The summed E-state index contributed by atoms with van der Waals surface area (Å²) in [4.78, 5) is 15.1. The normalized spacial score (nSPS) is 33.0. The van der Waals surface area contributed by atoms with Gasteiger partial charge in [-0.3, -0.25) is 4.79 Å². The number of hydrogen-bond acceptors (Lipinski definition) is 2. The lowest BCUT2D eigenvalue weighted by Crippen LogP contribution is -2.35. The summed E-state index contributed by atoms with van der Waals surface area (Å²) in [5.74, 6) is 3.91. The van der Waals surface area contributed by atoms with Crippen LogP contribution >= 0.6 is 12.4 Å². The van der Waals surface area contributed by atoms with Crippen LogP contribution in [0.3, 0.4) is 0 Å². The number of nitrogens with two attached hydrogens (primary N) is 1. The topological polar surface area (TPSA) is 46.3 Å². The molecule has 0 spiro atoms. The maximum Gasteiger partial charge on any atom is 0.226 e. The Bertz CT molecular complexity index is 534. The summed E-state index contributed by atoms with van der Waals surface area (Å²) in [5, 5.41) is 0. The maximum atomic E-state index is 13.0. The number of halogens is 1. The molecule has 0 aromatic heterocycles. The van der Waals surface area contributed by atoms with E-state index in [1.165, 1.54) is 24.8 Å². The second-order valence-electron chi connectivity index (χ2n) is 7.40. The molecule has 4 atom stereocenters. The molecule has 3 fully saturated rings. The highest BCUT2D eigenvalue weighted by atomic mass is 35.5. The molecule has 0 saturated heterocycles. The third-order valence-electron chi connectivity index (χ3n) is 6.18. The first-order valence-corrected chi connectivity index (χ1v) is 8.82. The number of nitrogens with zero attached hydrogens (tertiary/aromatic N) is 1. The van der Waals surface area contributed by atoms with E-state index < -0.39 is 0 Å². The lowest BCUT2D eigenvalue weighted by atomic mass is 10.0. The number of hydrogen-bond donors (Lipinski definition) is 1. The smallest absolute Gasteiger partial charge is 0.226 e. The molecule has 0 radical (unpaired) electrons. The third-order valence-corrected chi connectivity index (χ3v) is 6.18. The van der Waals surface area contributed by atoms with Crippen LogP contribution in [0.15, 0.2) is 30.3 Å². The van der Waals surface area contributed by atoms with Gasteiger partial charge in [0.1, 0.15) is 0 Å². The van der Waals surface area contributed by atoms with E-state index in [0.717, 1.165) is 43.2 Å². The molecule has 3 aliphatic rings. The van der Waals surface area contributed by atoms with Gasteiger partial charge in [-0.05, 0) is 61.5 Å². The van der Waals surface area contributed by atoms with Crippen LogP contribution in [-0.2, 0) is 11.3 Å². The van der Waals surface area contributed by atoms with Gasteiger partial charge in [-0.1, -0.05) is 30.3 Å². The van der Waals surface area contributed by atoms with Crippen LogP contribution in [0.1, 0.15) is 31.2 Å². The summed E-state index contributed by atoms with van der Waals surface area (Å²) in [7, 11) is 0. The minimum absolute atomic E-state index is 0. The van der Waals surface area contributed by atoms with Gasteiger partial charge < -0.3 is 10.6 Å². The van der Waals surface area contributed by atoms with E-state index in [1.54, 1.807) is 0 Å². The Morgan fingerprint density at radius 2 is 1.78 bits per heavy atom. The van der Waals surface area contributed by atoms with Crippen molar-refractivity contribution in [3.05, 3.63) is 35.9 Å². The minimum Gasteiger partial charge on any atom is -0.338 e. The predicted molar refractivity (Wildman–Crippen MR) is 94.1 cm³/mol. The average Bonchev–Trinajstić information content (AvgIpc) is 2.98. The van der Waals surface area contributed by atoms with Gasteiger partial charge in [0.15, 0.2) is 0 Å². The largest absolute Gasteiger partial charge is 0.338 e. The van der Waals surface area contributed by atoms with Crippen LogP contribution in [0.25, 0.3) is 0 Å². The first kappa shape index (κ1) is 16.8. The predicted octanol–water partition coefficient (Wildman–Crippen LogP) is 3.08. The van der Waals surface area contributed by atoms with Gasteiger partial charge in [0.05, 0.1) is 0 Å². The molecule has 4 unspecified atom stereocenters. The van der Waals surface area contributed by atoms with Gasteiger partial charge in [0.25, 0.3) is 0 Å². The molecule has 4 heteroatoms. The van der Waals surface area contributed by atoms with Crippen LogP contribution in [-0.4, -0.2) is 23.9 Å². The van der Waals surface area contributed by atoms with Crippen molar-refractivity contribution in [1.29, 1.82) is 0 Å². The van der Waals surface area contributed by atoms with E-state index in [0.29, 0.717) is 18.4 Å². The zero-order valence-corrected chi connectivity index (χ0v) is 14.4. The van der Waals surface area contributed by atoms with Crippen molar-refractivity contribution in [1.82, 2.24) is 4.90 Å². The average molecular weight is 335 g/mol. The Kier molecular flexibility index (Phi) is 4.98. The molecule has 1 aromatic rings. The summed E-state index contributed by atoms with van der Waals surface area (Å²) >= 11 is 0. The van der Waals surface area contributed by atoms with Crippen molar-refractivity contribution in [3.8, 4) is 0 Å². The summed E-state index contributed by atoms with van der Waals surface area (Å²) in [5.41, 5.74) is 6.89. The zero-order valence-electron chi connectivity index (χ0n) is 13.6. The second-order valence-corrected chi connectivity index (χ2v) is 7.40. The van der Waals surface area contributed by atoms with Gasteiger partial charge in [0, 0.05) is 19.0 Å². The molecular weight excluding hydrogens is 308 g/mol. The highest BCUT2D eigenvalue weighted by molar-refractivity contribution is 5.85. The van der Waals surface area contributed by atoms with Crippen LogP contribution in [0, 0.1) is 29.6 Å². The number of amides is 1. The molecule has 3 nitrogen and oxygen atoms in total. The lowest BCUT2D eigenvalue weighted by molar-refractivity contribution is -0.134. The maximum absolute atomic E-state index is 13.0. The Labute approximate surface area is 145 Å². The van der Waals surface area contributed by atoms with Gasteiger partial charge in [-0.2, -0.15) is 0 Å². The van der Waals surface area contributed by atoms with Gasteiger partial charge in [-0.15, -0.1) is 12.4 Å². The van der Waals surface area contributed by atoms with Crippen LogP contribution in [0.4, 0.5) is 0 Å². The monoisotopic (exact) mass is 334 g/mol. The van der Waals surface area contributed by atoms with Crippen LogP contribution < -0.4 is 5.73 Å². The van der Waals surface area contributed by atoms with E-state index >= 15 is 0 Å². The molecule has 3 saturated carbocycles. The molecule has 2 bridgehead atoms. The SMILES string of the molecule is Cl.NCCCN(Cc1ccccc1)C(=O)C1C2C3CCC(C3)C12. The van der Waals surface area contributed by atoms with Crippen LogP contribution in [0.2, 0.25) is 0 Å². The highest BCUT2D eigenvalue weighted by Crippen LogP contribution is 2.69. The number of carbonyl (C=O) groups excluding carboxylic acids is 1. The molecule has 0 aliphatic heterocycles.